The highest BCUT2D eigenvalue weighted by molar-refractivity contribution is 7.18. The fourth-order valence-corrected chi connectivity index (χ4v) is 4.24. The first-order valence-electron chi connectivity index (χ1n) is 9.06. The van der Waals surface area contributed by atoms with E-state index in [0.717, 1.165) is 30.2 Å². The average molecular weight is 375 g/mol. The molecule has 1 N–H and O–H groups in total. The Bertz CT molecular complexity index is 748. The molecule has 2 heterocycles. The van der Waals surface area contributed by atoms with E-state index < -0.39 is 6.04 Å². The van der Waals surface area contributed by atoms with Gasteiger partial charge in [-0.2, -0.15) is 0 Å². The highest BCUT2D eigenvalue weighted by Crippen LogP contribution is 2.23. The minimum Gasteiger partial charge on any atom is -0.344 e. The molecule has 1 atom stereocenters. The fraction of sp³-hybridized carbons (Fsp3) is 0.526. The molecule has 1 saturated heterocycles. The Balaban J connectivity index is 1.56. The largest absolute Gasteiger partial charge is 0.344 e. The fourth-order valence-electron chi connectivity index (χ4n) is 3.23. The highest BCUT2D eigenvalue weighted by Gasteiger charge is 2.30. The lowest BCUT2D eigenvalue weighted by atomic mass is 10.0. The van der Waals surface area contributed by atoms with Gasteiger partial charge in [-0.25, -0.2) is 4.98 Å². The highest BCUT2D eigenvalue weighted by atomic mass is 32.1. The molecule has 3 rings (SSSR count). The Kier molecular flexibility index (Phi) is 5.88. The first-order chi connectivity index (χ1) is 12.4. The van der Waals surface area contributed by atoms with Crippen molar-refractivity contribution in [1.29, 1.82) is 0 Å². The second-order valence-corrected chi connectivity index (χ2v) is 8.21. The summed E-state index contributed by atoms with van der Waals surface area (Å²) in [5.74, 6) is -0.0615. The smallest absolute Gasteiger partial charge is 0.245 e. The molecule has 1 aliphatic rings. The van der Waals surface area contributed by atoms with E-state index in [1.54, 1.807) is 11.3 Å². The molecule has 6 nitrogen and oxygen atoms in total. The van der Waals surface area contributed by atoms with E-state index in [9.17, 15) is 9.59 Å². The number of amides is 2. The van der Waals surface area contributed by atoms with Gasteiger partial charge in [-0.1, -0.05) is 26.0 Å². The summed E-state index contributed by atoms with van der Waals surface area (Å²) >= 11 is 1.73. The molecule has 26 heavy (non-hydrogen) atoms. The van der Waals surface area contributed by atoms with Gasteiger partial charge < -0.3 is 10.2 Å². The molecular weight excluding hydrogens is 348 g/mol. The number of hydrogen-bond acceptors (Lipinski definition) is 5. The molecule has 0 saturated carbocycles. The summed E-state index contributed by atoms with van der Waals surface area (Å²) in [6, 6.07) is 7.75. The number of piperazine rings is 1. The van der Waals surface area contributed by atoms with Gasteiger partial charge in [0.1, 0.15) is 11.0 Å². The van der Waals surface area contributed by atoms with Crippen LogP contribution in [0.15, 0.2) is 24.3 Å². The number of rotatable bonds is 5. The van der Waals surface area contributed by atoms with Gasteiger partial charge in [0.05, 0.1) is 16.8 Å². The topological polar surface area (TPSA) is 65.5 Å². The third-order valence-electron chi connectivity index (χ3n) is 4.67. The summed E-state index contributed by atoms with van der Waals surface area (Å²) in [4.78, 5) is 33.0. The van der Waals surface area contributed by atoms with E-state index in [1.807, 2.05) is 36.9 Å². The molecule has 1 aromatic heterocycles. The van der Waals surface area contributed by atoms with Crippen LogP contribution < -0.4 is 5.32 Å². The lowest BCUT2D eigenvalue weighted by Crippen LogP contribution is -2.56. The number of benzene rings is 1. The Morgan fingerprint density at radius 1 is 1.19 bits per heavy atom. The van der Waals surface area contributed by atoms with Crippen LogP contribution in [0.4, 0.5) is 0 Å². The number of aromatic nitrogens is 1. The van der Waals surface area contributed by atoms with Crippen LogP contribution in [0, 0.1) is 5.92 Å². The van der Waals surface area contributed by atoms with Gasteiger partial charge in [0.15, 0.2) is 0 Å². The lowest BCUT2D eigenvalue weighted by molar-refractivity contribution is -0.138. The van der Waals surface area contributed by atoms with Gasteiger partial charge in [0.2, 0.25) is 11.8 Å². The summed E-state index contributed by atoms with van der Waals surface area (Å²) in [6.45, 7) is 9.22. The first kappa shape index (κ1) is 18.8. The number of thiazole rings is 1. The first-order valence-corrected chi connectivity index (χ1v) is 9.88. The van der Waals surface area contributed by atoms with Crippen molar-refractivity contribution < 1.29 is 9.59 Å². The predicted molar refractivity (Wildman–Crippen MR) is 104 cm³/mol. The molecule has 2 aromatic rings. The van der Waals surface area contributed by atoms with Crippen molar-refractivity contribution in [3.8, 4) is 0 Å². The van der Waals surface area contributed by atoms with E-state index in [0.29, 0.717) is 13.1 Å². The lowest BCUT2D eigenvalue weighted by Gasteiger charge is -2.36. The van der Waals surface area contributed by atoms with Crippen LogP contribution in [0.25, 0.3) is 10.2 Å². The van der Waals surface area contributed by atoms with E-state index in [1.165, 1.54) is 11.6 Å². The molecular formula is C19H26N4O2S. The molecule has 1 aromatic carbocycles. The Labute approximate surface area is 158 Å². The van der Waals surface area contributed by atoms with Crippen LogP contribution in [0.2, 0.25) is 0 Å². The number of carbonyl (C=O) groups is 2. The second-order valence-electron chi connectivity index (χ2n) is 7.10. The van der Waals surface area contributed by atoms with E-state index in [2.05, 4.69) is 16.3 Å². The van der Waals surface area contributed by atoms with Crippen LogP contribution >= 0.6 is 11.3 Å². The summed E-state index contributed by atoms with van der Waals surface area (Å²) in [7, 11) is 0. The van der Waals surface area contributed by atoms with Gasteiger partial charge in [0, 0.05) is 33.1 Å². The van der Waals surface area contributed by atoms with Gasteiger partial charge in [0.25, 0.3) is 0 Å². The Morgan fingerprint density at radius 3 is 2.50 bits per heavy atom. The van der Waals surface area contributed by atoms with Crippen LogP contribution in [0.1, 0.15) is 25.8 Å². The van der Waals surface area contributed by atoms with Crippen molar-refractivity contribution in [2.45, 2.75) is 33.4 Å². The molecule has 0 aliphatic carbocycles. The Morgan fingerprint density at radius 2 is 1.88 bits per heavy atom. The quantitative estimate of drug-likeness (QED) is 0.870. The minimum absolute atomic E-state index is 0.0230. The number of hydrogen-bond donors (Lipinski definition) is 1. The van der Waals surface area contributed by atoms with Crippen LogP contribution in [-0.2, 0) is 16.1 Å². The maximum Gasteiger partial charge on any atom is 0.245 e. The van der Waals surface area contributed by atoms with E-state index >= 15 is 0 Å². The molecule has 1 fully saturated rings. The second kappa shape index (κ2) is 8.14. The molecule has 2 amide bonds. The van der Waals surface area contributed by atoms with Gasteiger partial charge >= 0.3 is 0 Å². The summed E-state index contributed by atoms with van der Waals surface area (Å²) < 4.78 is 1.21. The van der Waals surface area contributed by atoms with Crippen molar-refractivity contribution in [3.63, 3.8) is 0 Å². The number of fused-ring (bicyclic) bond motifs is 1. The van der Waals surface area contributed by atoms with Gasteiger partial charge in [-0.3, -0.25) is 14.5 Å². The number of carbonyl (C=O) groups excluding carboxylic acids is 2. The predicted octanol–water partition coefficient (Wildman–Crippen LogP) is 2.10. The summed E-state index contributed by atoms with van der Waals surface area (Å²) in [5, 5.41) is 3.91. The monoisotopic (exact) mass is 374 g/mol. The third-order valence-corrected chi connectivity index (χ3v) is 5.69. The van der Waals surface area contributed by atoms with Crippen molar-refractivity contribution in [3.05, 3.63) is 29.3 Å². The molecule has 0 bridgehead atoms. The average Bonchev–Trinajstić information content (AvgIpc) is 3.01. The normalized spacial score (nSPS) is 16.8. The van der Waals surface area contributed by atoms with Crippen molar-refractivity contribution in [2.24, 2.45) is 5.92 Å². The standard InChI is InChI=1S/C19H26N4O2S/c1-13(2)18(20-14(3)24)19(25)23-10-8-22(9-11-23)12-17-21-15-6-4-5-7-16(15)26-17/h4-7,13,18H,8-12H2,1-3H3,(H,20,24)/t18-/m1/s1. The zero-order valence-electron chi connectivity index (χ0n) is 15.6. The third kappa shape index (κ3) is 4.40. The molecule has 0 unspecified atom stereocenters. The van der Waals surface area contributed by atoms with Crippen LogP contribution in [0.5, 0.6) is 0 Å². The Hall–Kier alpha value is -1.99. The van der Waals surface area contributed by atoms with Gasteiger partial charge in [-0.05, 0) is 18.1 Å². The maximum atomic E-state index is 12.7. The minimum atomic E-state index is -0.441. The zero-order valence-corrected chi connectivity index (χ0v) is 16.4. The van der Waals surface area contributed by atoms with Crippen LogP contribution in [0.3, 0.4) is 0 Å². The molecule has 7 heteroatoms. The summed E-state index contributed by atoms with van der Waals surface area (Å²) in [5.41, 5.74) is 1.05. The number of nitrogens with one attached hydrogen (secondary N) is 1. The molecule has 0 spiro atoms. The number of para-hydroxylation sites is 1. The van der Waals surface area contributed by atoms with Crippen LogP contribution in [-0.4, -0.2) is 58.8 Å². The van der Waals surface area contributed by atoms with Crippen molar-refractivity contribution in [2.75, 3.05) is 26.2 Å². The van der Waals surface area contributed by atoms with Gasteiger partial charge in [-0.15, -0.1) is 11.3 Å². The molecule has 1 aliphatic heterocycles. The molecule has 140 valence electrons. The SMILES string of the molecule is CC(=O)N[C@@H](C(=O)N1CCN(Cc2nc3ccccc3s2)CC1)C(C)C. The van der Waals surface area contributed by atoms with E-state index in [-0.39, 0.29) is 17.7 Å². The van der Waals surface area contributed by atoms with Crippen molar-refractivity contribution in [1.82, 2.24) is 20.1 Å². The zero-order chi connectivity index (χ0) is 18.7. The molecule has 0 radical (unpaired) electrons. The van der Waals surface area contributed by atoms with Crippen molar-refractivity contribution >= 4 is 33.4 Å². The summed E-state index contributed by atoms with van der Waals surface area (Å²) in [6.07, 6.45) is 0. The van der Waals surface area contributed by atoms with E-state index in [4.69, 9.17) is 4.98 Å². The number of nitrogens with zero attached hydrogens (tertiary/aromatic N) is 3. The maximum absolute atomic E-state index is 12.7.